The summed E-state index contributed by atoms with van der Waals surface area (Å²) in [6.45, 7) is 1.33. The maximum absolute atomic E-state index is 12.7. The number of hydrogen-bond donors (Lipinski definition) is 8. The number of aliphatic carboxylic acids is 1. The van der Waals surface area contributed by atoms with Crippen LogP contribution in [-0.4, -0.2) is 82.2 Å². The highest BCUT2D eigenvalue weighted by Gasteiger charge is 2.27. The van der Waals surface area contributed by atoms with Crippen molar-refractivity contribution in [2.45, 2.75) is 44.4 Å². The van der Waals surface area contributed by atoms with Gasteiger partial charge in [0.1, 0.15) is 23.9 Å². The molecule has 4 atom stereocenters. The molecule has 182 valence electrons. The van der Waals surface area contributed by atoms with Crippen molar-refractivity contribution < 1.29 is 39.3 Å². The summed E-state index contributed by atoms with van der Waals surface area (Å²) in [5.41, 5.74) is 5.99. The first-order chi connectivity index (χ1) is 15.4. The van der Waals surface area contributed by atoms with Crippen molar-refractivity contribution in [1.29, 1.82) is 0 Å². The number of nitrogens with two attached hydrogens (primary N) is 1. The van der Waals surface area contributed by atoms with Crippen LogP contribution in [0.25, 0.3) is 0 Å². The van der Waals surface area contributed by atoms with E-state index in [0.717, 1.165) is 0 Å². The van der Waals surface area contributed by atoms with Gasteiger partial charge in [-0.2, -0.15) is 0 Å². The number of aliphatic hydroxyl groups is 1. The molecule has 0 fully saturated rings. The number of benzene rings is 1. The van der Waals surface area contributed by atoms with E-state index in [-0.39, 0.29) is 12.2 Å². The van der Waals surface area contributed by atoms with Gasteiger partial charge >= 0.3 is 5.97 Å². The predicted molar refractivity (Wildman–Crippen MR) is 115 cm³/mol. The third kappa shape index (κ3) is 9.53. The molecular weight excluding hydrogens is 438 g/mol. The number of amides is 4. The van der Waals surface area contributed by atoms with E-state index in [9.17, 15) is 34.2 Å². The minimum Gasteiger partial charge on any atom is -0.508 e. The van der Waals surface area contributed by atoms with Crippen LogP contribution in [0.3, 0.4) is 0 Å². The Kier molecular flexibility index (Phi) is 10.7. The summed E-state index contributed by atoms with van der Waals surface area (Å²) in [6.07, 6.45) is -0.0512. The minimum atomic E-state index is -1.38. The van der Waals surface area contributed by atoms with Gasteiger partial charge in [0.25, 0.3) is 0 Å². The highest BCUT2D eigenvalue weighted by Crippen LogP contribution is 2.11. The van der Waals surface area contributed by atoms with Crippen LogP contribution in [0.1, 0.15) is 19.4 Å². The summed E-state index contributed by atoms with van der Waals surface area (Å²) < 4.78 is 0. The molecule has 0 aliphatic heterocycles. The van der Waals surface area contributed by atoms with Crippen molar-refractivity contribution in [2.24, 2.45) is 5.73 Å². The third-order valence-electron chi connectivity index (χ3n) is 4.41. The van der Waals surface area contributed by atoms with Crippen molar-refractivity contribution in [2.75, 3.05) is 13.2 Å². The topological polar surface area (TPSA) is 220 Å². The fraction of sp³-hybridized carbons (Fsp3) is 0.450. The van der Waals surface area contributed by atoms with E-state index in [2.05, 4.69) is 21.3 Å². The van der Waals surface area contributed by atoms with Gasteiger partial charge in [0, 0.05) is 6.42 Å². The average Bonchev–Trinajstić information content (AvgIpc) is 2.76. The lowest BCUT2D eigenvalue weighted by molar-refractivity contribution is -0.141. The molecule has 0 unspecified atom stereocenters. The van der Waals surface area contributed by atoms with Crippen molar-refractivity contribution in [3.63, 3.8) is 0 Å². The molecule has 0 radical (unpaired) electrons. The maximum Gasteiger partial charge on any atom is 0.325 e. The molecule has 1 rings (SSSR count). The Morgan fingerprint density at radius 3 is 2.00 bits per heavy atom. The molecule has 33 heavy (non-hydrogen) atoms. The summed E-state index contributed by atoms with van der Waals surface area (Å²) in [4.78, 5) is 59.6. The standard InChI is InChI=1S/C20H29N5O8/c1-10(21)17(29)25-15(9-26)19(31)24-14(7-12-3-5-13(27)6-4-12)18(30)22-8-16(28)23-11(2)20(32)33/h3-6,10-11,14-15,26-27H,7-9,21H2,1-2H3,(H,22,30)(H,23,28)(H,24,31)(H,25,29)(H,32,33)/t10-,11-,14-,15-/m0/s1. The van der Waals surface area contributed by atoms with Gasteiger partial charge in [0.15, 0.2) is 0 Å². The van der Waals surface area contributed by atoms with Crippen LogP contribution in [0.4, 0.5) is 0 Å². The fourth-order valence-electron chi connectivity index (χ4n) is 2.49. The van der Waals surface area contributed by atoms with Crippen molar-refractivity contribution in [3.8, 4) is 5.75 Å². The first kappa shape index (κ1) is 27.3. The molecule has 0 saturated carbocycles. The number of aromatic hydroxyl groups is 1. The smallest absolute Gasteiger partial charge is 0.325 e. The molecule has 0 spiro atoms. The second kappa shape index (κ2) is 13.0. The van der Waals surface area contributed by atoms with E-state index < -0.39 is 66.9 Å². The van der Waals surface area contributed by atoms with E-state index in [1.165, 1.54) is 38.1 Å². The van der Waals surface area contributed by atoms with Crippen LogP contribution in [-0.2, 0) is 30.4 Å². The number of carbonyl (C=O) groups is 5. The molecule has 0 saturated heterocycles. The van der Waals surface area contributed by atoms with Crippen LogP contribution < -0.4 is 27.0 Å². The van der Waals surface area contributed by atoms with Gasteiger partial charge in [-0.15, -0.1) is 0 Å². The van der Waals surface area contributed by atoms with Gasteiger partial charge in [-0.05, 0) is 31.5 Å². The number of hydrogen-bond acceptors (Lipinski definition) is 8. The summed E-state index contributed by atoms with van der Waals surface area (Å²) in [5.74, 6) is -4.35. The van der Waals surface area contributed by atoms with Crippen molar-refractivity contribution in [1.82, 2.24) is 21.3 Å². The number of carbonyl (C=O) groups excluding carboxylic acids is 4. The van der Waals surface area contributed by atoms with Crippen LogP contribution in [0.2, 0.25) is 0 Å². The molecule has 1 aromatic rings. The molecule has 0 aromatic heterocycles. The van der Waals surface area contributed by atoms with Gasteiger partial charge in [-0.25, -0.2) is 0 Å². The summed E-state index contributed by atoms with van der Waals surface area (Å²) in [6, 6.07) is 1.09. The van der Waals surface area contributed by atoms with Crippen LogP contribution >= 0.6 is 0 Å². The van der Waals surface area contributed by atoms with E-state index in [4.69, 9.17) is 10.8 Å². The Morgan fingerprint density at radius 2 is 1.48 bits per heavy atom. The average molecular weight is 467 g/mol. The number of rotatable bonds is 12. The fourth-order valence-corrected chi connectivity index (χ4v) is 2.49. The number of aliphatic hydroxyl groups excluding tert-OH is 1. The Balaban J connectivity index is 2.91. The lowest BCUT2D eigenvalue weighted by atomic mass is 10.0. The number of nitrogens with one attached hydrogen (secondary N) is 4. The Labute approximate surface area is 189 Å². The Bertz CT molecular complexity index is 859. The lowest BCUT2D eigenvalue weighted by Gasteiger charge is -2.23. The monoisotopic (exact) mass is 467 g/mol. The van der Waals surface area contributed by atoms with Gasteiger partial charge < -0.3 is 42.3 Å². The van der Waals surface area contributed by atoms with Crippen LogP contribution in [0, 0.1) is 0 Å². The molecule has 0 aliphatic rings. The largest absolute Gasteiger partial charge is 0.508 e. The second-order valence-corrected chi connectivity index (χ2v) is 7.31. The SMILES string of the molecule is C[C@H](N)C(=O)N[C@@H](CO)C(=O)N[C@@H](Cc1ccc(O)cc1)C(=O)NCC(=O)N[C@@H](C)C(=O)O. The first-order valence-electron chi connectivity index (χ1n) is 9.99. The lowest BCUT2D eigenvalue weighted by Crippen LogP contribution is -2.57. The minimum absolute atomic E-state index is 0.00744. The van der Waals surface area contributed by atoms with Crippen LogP contribution in [0.5, 0.6) is 5.75 Å². The summed E-state index contributed by atoms with van der Waals surface area (Å²) in [5, 5.41) is 36.8. The van der Waals surface area contributed by atoms with E-state index >= 15 is 0 Å². The molecule has 13 heteroatoms. The molecule has 1 aromatic carbocycles. The van der Waals surface area contributed by atoms with E-state index in [1.54, 1.807) is 0 Å². The zero-order valence-corrected chi connectivity index (χ0v) is 18.2. The first-order valence-corrected chi connectivity index (χ1v) is 9.99. The maximum atomic E-state index is 12.7. The zero-order chi connectivity index (χ0) is 25.1. The molecule has 0 heterocycles. The van der Waals surface area contributed by atoms with E-state index in [1.807, 2.05) is 0 Å². The van der Waals surface area contributed by atoms with Gasteiger partial charge in [-0.1, -0.05) is 12.1 Å². The Hall–Kier alpha value is -3.71. The number of carboxylic acids is 1. The van der Waals surface area contributed by atoms with Gasteiger partial charge in [0.05, 0.1) is 19.2 Å². The van der Waals surface area contributed by atoms with Gasteiger partial charge in [0.2, 0.25) is 23.6 Å². The number of carboxylic acid groups (broad SMARTS) is 1. The van der Waals surface area contributed by atoms with E-state index in [0.29, 0.717) is 5.56 Å². The normalized spacial score (nSPS) is 14.2. The quantitative estimate of drug-likeness (QED) is 0.156. The van der Waals surface area contributed by atoms with Gasteiger partial charge in [-0.3, -0.25) is 24.0 Å². The molecule has 0 aliphatic carbocycles. The number of phenolic OH excluding ortho intramolecular Hbond substituents is 1. The van der Waals surface area contributed by atoms with Crippen LogP contribution in [0.15, 0.2) is 24.3 Å². The van der Waals surface area contributed by atoms with Crippen molar-refractivity contribution in [3.05, 3.63) is 29.8 Å². The predicted octanol–water partition coefficient (Wildman–Crippen LogP) is -3.05. The molecule has 4 amide bonds. The Morgan fingerprint density at radius 1 is 0.909 bits per heavy atom. The summed E-state index contributed by atoms with van der Waals surface area (Å²) in [7, 11) is 0. The van der Waals surface area contributed by atoms with Crippen molar-refractivity contribution >= 4 is 29.6 Å². The zero-order valence-electron chi connectivity index (χ0n) is 18.2. The second-order valence-electron chi connectivity index (χ2n) is 7.31. The highest BCUT2D eigenvalue weighted by atomic mass is 16.4. The molecule has 13 nitrogen and oxygen atoms in total. The molecule has 9 N–H and O–H groups in total. The third-order valence-corrected chi connectivity index (χ3v) is 4.41. The molecule has 0 bridgehead atoms. The molecular formula is C20H29N5O8. The number of phenols is 1. The highest BCUT2D eigenvalue weighted by molar-refractivity contribution is 5.94. The summed E-state index contributed by atoms with van der Waals surface area (Å²) >= 11 is 0.